The van der Waals surface area contributed by atoms with Crippen LogP contribution in [-0.4, -0.2) is 22.7 Å². The van der Waals surface area contributed by atoms with Crippen molar-refractivity contribution in [3.05, 3.63) is 47.1 Å². The van der Waals surface area contributed by atoms with E-state index in [0.29, 0.717) is 18.3 Å². The van der Waals surface area contributed by atoms with Crippen molar-refractivity contribution in [3.8, 4) is 0 Å². The summed E-state index contributed by atoms with van der Waals surface area (Å²) in [6.07, 6.45) is 1.65. The van der Waals surface area contributed by atoms with Crippen LogP contribution in [0.15, 0.2) is 28.8 Å². The van der Waals surface area contributed by atoms with Gasteiger partial charge in [0.15, 0.2) is 11.7 Å². The number of esters is 1. The van der Waals surface area contributed by atoms with Crippen molar-refractivity contribution in [2.45, 2.75) is 39.5 Å². The summed E-state index contributed by atoms with van der Waals surface area (Å²) in [4.78, 5) is 16.7. The van der Waals surface area contributed by atoms with Gasteiger partial charge < -0.3 is 9.26 Å². The summed E-state index contributed by atoms with van der Waals surface area (Å²) in [6, 6.07) is 7.65. The Morgan fingerprint density at radius 1 is 1.33 bits per heavy atom. The molecular formula is C16H20N2O3. The Morgan fingerprint density at radius 2 is 2.10 bits per heavy atom. The summed E-state index contributed by atoms with van der Waals surface area (Å²) in [5.41, 5.74) is 1.83. The molecule has 5 heteroatoms. The van der Waals surface area contributed by atoms with Gasteiger partial charge in [-0.1, -0.05) is 36.3 Å². The van der Waals surface area contributed by atoms with E-state index in [1.165, 1.54) is 0 Å². The second-order valence-electron chi connectivity index (χ2n) is 4.84. The highest BCUT2D eigenvalue weighted by Crippen LogP contribution is 2.27. The molecule has 0 aliphatic rings. The Labute approximate surface area is 124 Å². The molecule has 0 bridgehead atoms. The molecular weight excluding hydrogens is 268 g/mol. The fourth-order valence-corrected chi connectivity index (χ4v) is 2.21. The monoisotopic (exact) mass is 288 g/mol. The molecule has 21 heavy (non-hydrogen) atoms. The Balaban J connectivity index is 2.40. The second-order valence-corrected chi connectivity index (χ2v) is 4.84. The molecule has 0 aliphatic heterocycles. The van der Waals surface area contributed by atoms with Crippen LogP contribution in [0.1, 0.15) is 49.0 Å². The third-order valence-electron chi connectivity index (χ3n) is 3.23. The third-order valence-corrected chi connectivity index (χ3v) is 3.23. The lowest BCUT2D eigenvalue weighted by atomic mass is 9.94. The van der Waals surface area contributed by atoms with Crippen molar-refractivity contribution >= 4 is 5.97 Å². The number of carbonyl (C=O) groups excluding carboxylic acids is 1. The van der Waals surface area contributed by atoms with Crippen molar-refractivity contribution in [2.24, 2.45) is 0 Å². The lowest BCUT2D eigenvalue weighted by molar-refractivity contribution is -0.144. The molecule has 0 radical (unpaired) electrons. The zero-order chi connectivity index (χ0) is 15.2. The molecule has 1 aromatic carbocycles. The molecule has 0 fully saturated rings. The Kier molecular flexibility index (Phi) is 5.09. The van der Waals surface area contributed by atoms with Crippen LogP contribution in [0.4, 0.5) is 0 Å². The number of ether oxygens (including phenoxy) is 1. The molecule has 0 spiro atoms. The highest BCUT2D eigenvalue weighted by molar-refractivity contribution is 5.81. The minimum absolute atomic E-state index is 0.297. The van der Waals surface area contributed by atoms with Crippen LogP contribution in [0.25, 0.3) is 0 Å². The second kappa shape index (κ2) is 7.02. The van der Waals surface area contributed by atoms with E-state index >= 15 is 0 Å². The van der Waals surface area contributed by atoms with Gasteiger partial charge in [-0.25, -0.2) is 0 Å². The summed E-state index contributed by atoms with van der Waals surface area (Å²) in [5.74, 6) is -0.107. The quantitative estimate of drug-likeness (QED) is 0.764. The number of carbonyl (C=O) groups is 1. The smallest absolute Gasteiger partial charge is 0.323 e. The lowest BCUT2D eigenvalue weighted by Gasteiger charge is -2.14. The van der Waals surface area contributed by atoms with Crippen LogP contribution in [-0.2, 0) is 16.0 Å². The van der Waals surface area contributed by atoms with Gasteiger partial charge in [0.25, 0.3) is 0 Å². The third kappa shape index (κ3) is 3.48. The first-order valence-corrected chi connectivity index (χ1v) is 7.22. The van der Waals surface area contributed by atoms with E-state index in [-0.39, 0.29) is 5.97 Å². The van der Waals surface area contributed by atoms with Crippen LogP contribution in [0.2, 0.25) is 0 Å². The molecule has 0 saturated carbocycles. The van der Waals surface area contributed by atoms with Gasteiger partial charge in [0.1, 0.15) is 0 Å². The first-order chi connectivity index (χ1) is 10.2. The Bertz CT molecular complexity index is 607. The molecule has 1 heterocycles. The van der Waals surface area contributed by atoms with E-state index in [1.54, 1.807) is 6.92 Å². The van der Waals surface area contributed by atoms with Crippen molar-refractivity contribution in [1.29, 1.82) is 0 Å². The number of rotatable bonds is 6. The molecule has 0 aliphatic carbocycles. The first kappa shape index (κ1) is 15.2. The summed E-state index contributed by atoms with van der Waals surface area (Å²) in [5, 5.41) is 3.93. The minimum Gasteiger partial charge on any atom is -0.465 e. The molecule has 5 nitrogen and oxygen atoms in total. The highest BCUT2D eigenvalue weighted by Gasteiger charge is 2.31. The van der Waals surface area contributed by atoms with Crippen molar-refractivity contribution in [1.82, 2.24) is 10.1 Å². The molecule has 1 aromatic heterocycles. The van der Waals surface area contributed by atoms with Crippen molar-refractivity contribution < 1.29 is 14.1 Å². The van der Waals surface area contributed by atoms with Crippen LogP contribution < -0.4 is 0 Å². The zero-order valence-corrected chi connectivity index (χ0v) is 12.6. The maximum Gasteiger partial charge on any atom is 0.323 e. The van der Waals surface area contributed by atoms with Crippen LogP contribution >= 0.6 is 0 Å². The maximum absolute atomic E-state index is 12.3. The molecule has 2 rings (SSSR count). The van der Waals surface area contributed by atoms with Gasteiger partial charge in [0.05, 0.1) is 6.61 Å². The Hall–Kier alpha value is -2.17. The van der Waals surface area contributed by atoms with Gasteiger partial charge in [-0.2, -0.15) is 4.98 Å². The largest absolute Gasteiger partial charge is 0.465 e. The van der Waals surface area contributed by atoms with E-state index in [1.807, 2.05) is 38.1 Å². The number of aryl methyl sites for hydroxylation is 2. The predicted octanol–water partition coefficient (Wildman–Crippen LogP) is 3.03. The standard InChI is InChI=1S/C16H20N2O3/c1-4-8-13-17-15(21-18-13)14(16(19)20-5-2)12-10-7-6-9-11(12)3/h6-7,9-10,14H,4-5,8H2,1-3H3. The number of hydrogen-bond acceptors (Lipinski definition) is 5. The topological polar surface area (TPSA) is 65.2 Å². The SMILES string of the molecule is CCCc1noc(C(C(=O)OCC)c2ccccc2C)n1. The van der Waals surface area contributed by atoms with Gasteiger partial charge in [-0.3, -0.25) is 4.79 Å². The van der Waals surface area contributed by atoms with Crippen LogP contribution in [0.3, 0.4) is 0 Å². The van der Waals surface area contributed by atoms with Gasteiger partial charge in [-0.05, 0) is 31.4 Å². The maximum atomic E-state index is 12.3. The highest BCUT2D eigenvalue weighted by atomic mass is 16.5. The number of nitrogens with zero attached hydrogens (tertiary/aromatic N) is 2. The molecule has 0 saturated heterocycles. The van der Waals surface area contributed by atoms with E-state index in [2.05, 4.69) is 10.1 Å². The van der Waals surface area contributed by atoms with E-state index < -0.39 is 5.92 Å². The molecule has 1 atom stereocenters. The van der Waals surface area contributed by atoms with E-state index in [0.717, 1.165) is 24.0 Å². The predicted molar refractivity (Wildman–Crippen MR) is 77.9 cm³/mol. The fourth-order valence-electron chi connectivity index (χ4n) is 2.21. The van der Waals surface area contributed by atoms with E-state index in [4.69, 9.17) is 9.26 Å². The van der Waals surface area contributed by atoms with Crippen molar-refractivity contribution in [3.63, 3.8) is 0 Å². The summed E-state index contributed by atoms with van der Waals surface area (Å²) in [7, 11) is 0. The zero-order valence-electron chi connectivity index (χ0n) is 12.6. The summed E-state index contributed by atoms with van der Waals surface area (Å²) >= 11 is 0. The lowest BCUT2D eigenvalue weighted by Crippen LogP contribution is -2.18. The minimum atomic E-state index is -0.663. The molecule has 2 aromatic rings. The number of hydrogen-bond donors (Lipinski definition) is 0. The Morgan fingerprint density at radius 3 is 2.76 bits per heavy atom. The van der Waals surface area contributed by atoms with Crippen molar-refractivity contribution in [2.75, 3.05) is 6.61 Å². The normalized spacial score (nSPS) is 12.1. The molecule has 1 unspecified atom stereocenters. The first-order valence-electron chi connectivity index (χ1n) is 7.22. The van der Waals surface area contributed by atoms with Crippen LogP contribution in [0, 0.1) is 6.92 Å². The van der Waals surface area contributed by atoms with E-state index in [9.17, 15) is 4.79 Å². The number of benzene rings is 1. The van der Waals surface area contributed by atoms with Gasteiger partial charge in [-0.15, -0.1) is 0 Å². The average Bonchev–Trinajstić information content (AvgIpc) is 2.90. The molecule has 0 amide bonds. The van der Waals surface area contributed by atoms with Gasteiger partial charge in [0, 0.05) is 6.42 Å². The average molecular weight is 288 g/mol. The van der Waals surface area contributed by atoms with Gasteiger partial charge in [0.2, 0.25) is 5.89 Å². The van der Waals surface area contributed by atoms with Gasteiger partial charge >= 0.3 is 5.97 Å². The fraction of sp³-hybridized carbons (Fsp3) is 0.438. The summed E-state index contributed by atoms with van der Waals surface area (Å²) < 4.78 is 10.5. The van der Waals surface area contributed by atoms with Crippen LogP contribution in [0.5, 0.6) is 0 Å². The summed E-state index contributed by atoms with van der Waals surface area (Å²) in [6.45, 7) is 6.09. The molecule has 0 N–H and O–H groups in total. The molecule has 112 valence electrons. The number of aromatic nitrogens is 2.